The Labute approximate surface area is 166 Å². The van der Waals surface area contributed by atoms with Crippen molar-refractivity contribution in [2.45, 2.75) is 11.3 Å². The third kappa shape index (κ3) is 4.20. The Bertz CT molecular complexity index is 1010. The molecule has 0 radical (unpaired) electrons. The van der Waals surface area contributed by atoms with Gasteiger partial charge in [0.25, 0.3) is 0 Å². The molecule has 0 bridgehead atoms. The van der Waals surface area contributed by atoms with Crippen molar-refractivity contribution < 1.29 is 17.6 Å². The predicted octanol–water partition coefficient (Wildman–Crippen LogP) is 2.54. The Hall–Kier alpha value is -2.39. The number of sulfone groups is 1. The fourth-order valence-electron chi connectivity index (χ4n) is 3.23. The number of rotatable bonds is 4. The average molecular weight is 420 g/mol. The minimum Gasteiger partial charge on any atom is -0.325 e. The summed E-state index contributed by atoms with van der Waals surface area (Å²) in [5, 5.41) is 3.29. The van der Waals surface area contributed by atoms with Gasteiger partial charge < -0.3 is 10.2 Å². The number of amidine groups is 1. The Kier molecular flexibility index (Phi) is 5.11. The van der Waals surface area contributed by atoms with Crippen LogP contribution in [-0.4, -0.2) is 48.8 Å². The molecule has 4 rings (SSSR count). The number of para-hydroxylation sites is 1. The number of benzene rings is 2. The molecule has 1 amide bonds. The lowest BCUT2D eigenvalue weighted by Gasteiger charge is -2.24. The number of halogens is 1. The number of nitrogens with zero attached hydrogens (tertiary/aromatic N) is 2. The minimum atomic E-state index is -3.04. The van der Waals surface area contributed by atoms with Gasteiger partial charge in [-0.05, 0) is 36.4 Å². The van der Waals surface area contributed by atoms with Crippen LogP contribution in [0.2, 0.25) is 0 Å². The molecule has 0 unspecified atom stereocenters. The topological polar surface area (TPSA) is 78.8 Å². The van der Waals surface area contributed by atoms with Gasteiger partial charge in [-0.2, -0.15) is 0 Å². The SMILES string of the molecule is O=C(CN(C1=N[C@@H]2CS(=O)(=O)C[C@H]2S1)c1ccccc1)Nc1ccc(F)cc1. The van der Waals surface area contributed by atoms with Crippen molar-refractivity contribution in [3.63, 3.8) is 0 Å². The van der Waals surface area contributed by atoms with Crippen molar-refractivity contribution in [2.75, 3.05) is 28.3 Å². The van der Waals surface area contributed by atoms with E-state index in [9.17, 15) is 17.6 Å². The summed E-state index contributed by atoms with van der Waals surface area (Å²) >= 11 is 1.40. The Morgan fingerprint density at radius 3 is 2.54 bits per heavy atom. The maximum absolute atomic E-state index is 13.0. The molecule has 2 heterocycles. The van der Waals surface area contributed by atoms with Crippen LogP contribution in [0.15, 0.2) is 59.6 Å². The van der Waals surface area contributed by atoms with Crippen LogP contribution in [0.3, 0.4) is 0 Å². The van der Waals surface area contributed by atoms with E-state index in [4.69, 9.17) is 0 Å². The summed E-state index contributed by atoms with van der Waals surface area (Å²) in [6, 6.07) is 14.7. The summed E-state index contributed by atoms with van der Waals surface area (Å²) in [6.45, 7) is 0.0133. The second-order valence-electron chi connectivity index (χ2n) is 6.69. The molecule has 1 fully saturated rings. The lowest BCUT2D eigenvalue weighted by molar-refractivity contribution is -0.114. The van der Waals surface area contributed by atoms with E-state index in [0.29, 0.717) is 10.9 Å². The first-order valence-electron chi connectivity index (χ1n) is 8.72. The number of hydrogen-bond acceptors (Lipinski definition) is 6. The molecule has 0 aromatic heterocycles. The predicted molar refractivity (Wildman–Crippen MR) is 110 cm³/mol. The van der Waals surface area contributed by atoms with E-state index in [1.807, 2.05) is 30.3 Å². The third-order valence-corrected chi connectivity index (χ3v) is 7.78. The van der Waals surface area contributed by atoms with Crippen LogP contribution in [0, 0.1) is 5.82 Å². The number of carbonyl (C=O) groups is 1. The van der Waals surface area contributed by atoms with Gasteiger partial charge in [0.1, 0.15) is 12.4 Å². The number of amides is 1. The molecule has 2 aliphatic rings. The normalized spacial score (nSPS) is 22.4. The van der Waals surface area contributed by atoms with E-state index in [0.717, 1.165) is 5.69 Å². The first-order valence-corrected chi connectivity index (χ1v) is 11.4. The summed E-state index contributed by atoms with van der Waals surface area (Å²) in [7, 11) is -3.04. The van der Waals surface area contributed by atoms with Crippen molar-refractivity contribution in [1.82, 2.24) is 0 Å². The maximum atomic E-state index is 13.0. The van der Waals surface area contributed by atoms with Crippen molar-refractivity contribution >= 4 is 44.0 Å². The number of nitrogens with one attached hydrogen (secondary N) is 1. The second-order valence-corrected chi connectivity index (χ2v) is 10.0. The summed E-state index contributed by atoms with van der Waals surface area (Å²) < 4.78 is 36.7. The van der Waals surface area contributed by atoms with Gasteiger partial charge in [-0.25, -0.2) is 12.8 Å². The molecule has 0 aliphatic carbocycles. The van der Waals surface area contributed by atoms with Crippen LogP contribution in [0.1, 0.15) is 0 Å². The smallest absolute Gasteiger partial charge is 0.244 e. The number of fused-ring (bicyclic) bond motifs is 1. The molecular weight excluding hydrogens is 401 g/mol. The van der Waals surface area contributed by atoms with Gasteiger partial charge in [-0.15, -0.1) is 0 Å². The van der Waals surface area contributed by atoms with Crippen LogP contribution in [-0.2, 0) is 14.6 Å². The number of hydrogen-bond donors (Lipinski definition) is 1. The van der Waals surface area contributed by atoms with Gasteiger partial charge in [-0.1, -0.05) is 30.0 Å². The molecule has 0 saturated carbocycles. The zero-order chi connectivity index (χ0) is 19.7. The van der Waals surface area contributed by atoms with Crippen LogP contribution in [0.4, 0.5) is 15.8 Å². The first-order chi connectivity index (χ1) is 13.4. The Morgan fingerprint density at radius 1 is 1.14 bits per heavy atom. The number of aliphatic imine (C=N–C) groups is 1. The molecule has 2 aliphatic heterocycles. The molecule has 2 atom stereocenters. The lowest BCUT2D eigenvalue weighted by Crippen LogP contribution is -2.36. The Morgan fingerprint density at radius 2 is 1.86 bits per heavy atom. The maximum Gasteiger partial charge on any atom is 0.244 e. The quantitative estimate of drug-likeness (QED) is 0.824. The van der Waals surface area contributed by atoms with Crippen LogP contribution in [0.25, 0.3) is 0 Å². The van der Waals surface area contributed by atoms with Gasteiger partial charge in [0.05, 0.1) is 17.5 Å². The molecule has 28 heavy (non-hydrogen) atoms. The molecule has 1 saturated heterocycles. The van der Waals surface area contributed by atoms with Gasteiger partial charge in [0.2, 0.25) is 5.91 Å². The van der Waals surface area contributed by atoms with Crippen LogP contribution < -0.4 is 10.2 Å². The molecule has 2 aromatic rings. The van der Waals surface area contributed by atoms with Gasteiger partial charge in [0.15, 0.2) is 15.0 Å². The zero-order valence-corrected chi connectivity index (χ0v) is 16.4. The summed E-state index contributed by atoms with van der Waals surface area (Å²) in [6.07, 6.45) is 0. The van der Waals surface area contributed by atoms with E-state index in [2.05, 4.69) is 10.3 Å². The minimum absolute atomic E-state index is 0.0133. The highest BCUT2D eigenvalue weighted by molar-refractivity contribution is 8.15. The van der Waals surface area contributed by atoms with Crippen LogP contribution in [0.5, 0.6) is 0 Å². The highest BCUT2D eigenvalue weighted by Gasteiger charge is 2.44. The monoisotopic (exact) mass is 419 g/mol. The largest absolute Gasteiger partial charge is 0.325 e. The summed E-state index contributed by atoms with van der Waals surface area (Å²) in [5.41, 5.74) is 1.30. The lowest BCUT2D eigenvalue weighted by atomic mass is 10.2. The highest BCUT2D eigenvalue weighted by atomic mass is 32.2. The van der Waals surface area contributed by atoms with Gasteiger partial charge >= 0.3 is 0 Å². The molecule has 146 valence electrons. The van der Waals surface area contributed by atoms with Crippen LogP contribution >= 0.6 is 11.8 Å². The first kappa shape index (κ1) is 18.9. The average Bonchev–Trinajstić information content (AvgIpc) is 3.16. The van der Waals surface area contributed by atoms with Gasteiger partial charge in [-0.3, -0.25) is 9.79 Å². The molecular formula is C19H18FN3O3S2. The van der Waals surface area contributed by atoms with Crippen molar-refractivity contribution in [3.05, 3.63) is 60.4 Å². The zero-order valence-electron chi connectivity index (χ0n) is 14.8. The van der Waals surface area contributed by atoms with Gasteiger partial charge in [0, 0.05) is 16.6 Å². The highest BCUT2D eigenvalue weighted by Crippen LogP contribution is 2.36. The van der Waals surface area contributed by atoms with E-state index in [-0.39, 0.29) is 41.1 Å². The van der Waals surface area contributed by atoms with Crippen molar-refractivity contribution in [3.8, 4) is 0 Å². The fraction of sp³-hybridized carbons (Fsp3) is 0.263. The molecule has 2 aromatic carbocycles. The van der Waals surface area contributed by atoms with Crippen molar-refractivity contribution in [1.29, 1.82) is 0 Å². The van der Waals surface area contributed by atoms with E-state index >= 15 is 0 Å². The fourth-order valence-corrected chi connectivity index (χ4v) is 7.01. The van der Waals surface area contributed by atoms with E-state index < -0.39 is 9.84 Å². The van der Waals surface area contributed by atoms with E-state index in [1.54, 1.807) is 4.90 Å². The number of carbonyl (C=O) groups excluding carboxylic acids is 1. The molecule has 9 heteroatoms. The second kappa shape index (κ2) is 7.56. The molecule has 1 N–H and O–H groups in total. The summed E-state index contributed by atoms with van der Waals surface area (Å²) in [5.74, 6) is -0.483. The molecule has 0 spiro atoms. The van der Waals surface area contributed by atoms with E-state index in [1.165, 1.54) is 36.0 Å². The molecule has 6 nitrogen and oxygen atoms in total. The standard InChI is InChI=1S/C19H18FN3O3S2/c20-13-6-8-14(9-7-13)21-18(24)10-23(15-4-2-1-3-5-15)19-22-16-11-28(25,26)12-17(16)27-19/h1-9,16-17H,10-12H2,(H,21,24)/t16-,17-/m1/s1. The number of anilines is 2. The van der Waals surface area contributed by atoms with Crippen molar-refractivity contribution in [2.24, 2.45) is 4.99 Å². The third-order valence-electron chi connectivity index (χ3n) is 4.53. The summed E-state index contributed by atoms with van der Waals surface area (Å²) in [4.78, 5) is 19.0. The number of thioether (sulfide) groups is 1. The Balaban J connectivity index is 1.54.